The van der Waals surface area contributed by atoms with Crippen LogP contribution in [0.2, 0.25) is 0 Å². The summed E-state index contributed by atoms with van der Waals surface area (Å²) < 4.78 is 39.4. The summed E-state index contributed by atoms with van der Waals surface area (Å²) >= 11 is 0. The molecule has 2 aromatic rings. The number of halogens is 3. The van der Waals surface area contributed by atoms with E-state index < -0.39 is 17.4 Å². The van der Waals surface area contributed by atoms with E-state index in [9.17, 15) is 22.8 Å². The van der Waals surface area contributed by atoms with E-state index in [-0.39, 0.29) is 17.4 Å². The van der Waals surface area contributed by atoms with Gasteiger partial charge in [0.05, 0.1) is 11.3 Å². The lowest BCUT2D eigenvalue weighted by molar-refractivity contribution is -0.141. The van der Waals surface area contributed by atoms with Gasteiger partial charge in [0.1, 0.15) is 5.69 Å². The number of hydrogen-bond acceptors (Lipinski definition) is 4. The van der Waals surface area contributed by atoms with E-state index in [0.717, 1.165) is 16.9 Å². The molecule has 0 aliphatic heterocycles. The van der Waals surface area contributed by atoms with Crippen LogP contribution in [-0.4, -0.2) is 44.7 Å². The molecule has 0 saturated carbocycles. The highest BCUT2D eigenvalue weighted by atomic mass is 19.4. The second kappa shape index (κ2) is 6.54. The van der Waals surface area contributed by atoms with Gasteiger partial charge in [-0.25, -0.2) is 14.6 Å². The summed E-state index contributed by atoms with van der Waals surface area (Å²) in [6.07, 6.45) is -2.40. The third-order valence-electron chi connectivity index (χ3n) is 3.45. The molecular weight excluding hydrogens is 339 g/mol. The number of hydrogen-bond donors (Lipinski definition) is 1. The summed E-state index contributed by atoms with van der Waals surface area (Å²) in [5.74, 6) is -0.637. The molecule has 0 atom stereocenters. The van der Waals surface area contributed by atoms with Crippen LogP contribution in [0.5, 0.6) is 0 Å². The van der Waals surface area contributed by atoms with E-state index >= 15 is 0 Å². The molecule has 0 radical (unpaired) electrons. The number of nitrogens with one attached hydrogen (secondary N) is 1. The molecule has 2 rings (SSSR count). The zero-order valence-electron chi connectivity index (χ0n) is 14.0. The van der Waals surface area contributed by atoms with E-state index in [2.05, 4.69) is 15.1 Å². The van der Waals surface area contributed by atoms with Gasteiger partial charge in [0.15, 0.2) is 0 Å². The summed E-state index contributed by atoms with van der Waals surface area (Å²) in [5, 5.41) is 2.39. The van der Waals surface area contributed by atoms with Gasteiger partial charge in [0.25, 0.3) is 5.56 Å². The summed E-state index contributed by atoms with van der Waals surface area (Å²) in [5.41, 5.74) is -0.828. The summed E-state index contributed by atoms with van der Waals surface area (Å²) in [4.78, 5) is 32.5. The first-order valence-electron chi connectivity index (χ1n) is 7.14. The predicted octanol–water partition coefficient (Wildman–Crippen LogP) is 1.77. The molecule has 0 fully saturated rings. The maximum atomic E-state index is 12.8. The average molecular weight is 355 g/mol. The van der Waals surface area contributed by atoms with E-state index in [4.69, 9.17) is 0 Å². The van der Waals surface area contributed by atoms with Crippen LogP contribution in [0, 0.1) is 6.92 Å². The fourth-order valence-corrected chi connectivity index (χ4v) is 2.18. The Balaban J connectivity index is 2.54. The molecule has 0 unspecified atom stereocenters. The van der Waals surface area contributed by atoms with Crippen molar-refractivity contribution in [3.63, 3.8) is 0 Å². The Labute approximate surface area is 140 Å². The molecule has 0 spiro atoms. The van der Waals surface area contributed by atoms with Crippen molar-refractivity contribution in [2.24, 2.45) is 0 Å². The van der Waals surface area contributed by atoms with Gasteiger partial charge in [-0.05, 0) is 25.5 Å². The lowest BCUT2D eigenvalue weighted by Crippen LogP contribution is -2.19. The van der Waals surface area contributed by atoms with Crippen molar-refractivity contribution in [1.29, 1.82) is 0 Å². The Morgan fingerprint density at radius 2 is 2.00 bits per heavy atom. The van der Waals surface area contributed by atoms with Gasteiger partial charge in [0.2, 0.25) is 11.9 Å². The highest BCUT2D eigenvalue weighted by molar-refractivity contribution is 5.94. The van der Waals surface area contributed by atoms with Crippen LogP contribution in [0.25, 0.3) is 11.5 Å². The van der Waals surface area contributed by atoms with Crippen molar-refractivity contribution in [3.05, 3.63) is 45.6 Å². The Morgan fingerprint density at radius 1 is 1.36 bits per heavy atom. The van der Waals surface area contributed by atoms with Gasteiger partial charge < -0.3 is 4.90 Å². The van der Waals surface area contributed by atoms with Crippen molar-refractivity contribution in [1.82, 2.24) is 24.6 Å². The lowest BCUT2D eigenvalue weighted by atomic mass is 10.1. The fraction of sp³-hybridized carbons (Fsp3) is 0.333. The molecule has 7 nitrogen and oxygen atoms in total. The number of nitrogens with zero attached hydrogens (tertiary/aromatic N) is 4. The molecular formula is C15H16F3N5O2. The van der Waals surface area contributed by atoms with Gasteiger partial charge in [-0.1, -0.05) is 0 Å². The Kier molecular flexibility index (Phi) is 4.82. The van der Waals surface area contributed by atoms with Crippen LogP contribution < -0.4 is 5.56 Å². The van der Waals surface area contributed by atoms with Crippen LogP contribution in [0.3, 0.4) is 0 Å². The zero-order chi connectivity index (χ0) is 18.9. The minimum atomic E-state index is -4.63. The first-order valence-corrected chi connectivity index (χ1v) is 7.14. The minimum absolute atomic E-state index is 0.177. The SMILES string of the molecule is C/C(=C\C(=O)N(C)C)c1c(C)n(-c2nccc(C(F)(F)F)n2)[nH]c1=O. The second-order valence-corrected chi connectivity index (χ2v) is 5.54. The molecule has 10 heteroatoms. The highest BCUT2D eigenvalue weighted by Crippen LogP contribution is 2.27. The normalized spacial score (nSPS) is 12.4. The number of carbonyl (C=O) groups is 1. The van der Waals surface area contributed by atoms with Crippen LogP contribution >= 0.6 is 0 Å². The fourth-order valence-electron chi connectivity index (χ4n) is 2.18. The molecule has 0 aliphatic carbocycles. The maximum absolute atomic E-state index is 12.8. The standard InChI is InChI=1S/C15H16F3N5O2/c1-8(7-11(24)22(3)4)12-9(2)23(21-13(12)25)14-19-6-5-10(20-14)15(16,17)18/h5-7H,1-4H3,(H,21,25)/b8-7+. The quantitative estimate of drug-likeness (QED) is 0.851. The van der Waals surface area contributed by atoms with Gasteiger partial charge in [-0.15, -0.1) is 0 Å². The number of alkyl halides is 3. The van der Waals surface area contributed by atoms with Crippen LogP contribution in [-0.2, 0) is 11.0 Å². The molecule has 1 amide bonds. The Bertz CT molecular complexity index is 893. The van der Waals surface area contributed by atoms with Crippen LogP contribution in [0.15, 0.2) is 23.1 Å². The molecule has 2 heterocycles. The van der Waals surface area contributed by atoms with Crippen LogP contribution in [0.1, 0.15) is 23.9 Å². The van der Waals surface area contributed by atoms with Crippen molar-refractivity contribution < 1.29 is 18.0 Å². The summed E-state index contributed by atoms with van der Waals surface area (Å²) in [6, 6.07) is 0.738. The molecule has 134 valence electrons. The predicted molar refractivity (Wildman–Crippen MR) is 84.1 cm³/mol. The van der Waals surface area contributed by atoms with Crippen LogP contribution in [0.4, 0.5) is 13.2 Å². The number of rotatable bonds is 3. The highest BCUT2D eigenvalue weighted by Gasteiger charge is 2.33. The van der Waals surface area contributed by atoms with E-state index in [1.165, 1.54) is 17.9 Å². The van der Waals surface area contributed by atoms with Gasteiger partial charge in [-0.3, -0.25) is 14.7 Å². The second-order valence-electron chi connectivity index (χ2n) is 5.54. The minimum Gasteiger partial charge on any atom is -0.345 e. The van der Waals surface area contributed by atoms with Gasteiger partial charge in [0, 0.05) is 26.4 Å². The smallest absolute Gasteiger partial charge is 0.345 e. The van der Waals surface area contributed by atoms with E-state index in [1.807, 2.05) is 0 Å². The first kappa shape index (κ1) is 18.4. The van der Waals surface area contributed by atoms with Crippen molar-refractivity contribution >= 4 is 11.5 Å². The first-order chi connectivity index (χ1) is 11.5. The summed E-state index contributed by atoms with van der Waals surface area (Å²) in [6.45, 7) is 3.09. The molecule has 2 aromatic heterocycles. The number of aromatic nitrogens is 4. The Hall–Kier alpha value is -2.91. The van der Waals surface area contributed by atoms with Gasteiger partial charge >= 0.3 is 6.18 Å². The zero-order valence-corrected chi connectivity index (χ0v) is 14.0. The number of allylic oxidation sites excluding steroid dienone is 1. The number of H-pyrrole nitrogens is 1. The lowest BCUT2D eigenvalue weighted by Gasteiger charge is -2.09. The number of aromatic amines is 1. The molecule has 0 aromatic carbocycles. The molecule has 0 saturated heterocycles. The topological polar surface area (TPSA) is 83.9 Å². The third kappa shape index (κ3) is 3.78. The average Bonchev–Trinajstić information content (AvgIpc) is 2.81. The van der Waals surface area contributed by atoms with E-state index in [1.54, 1.807) is 21.0 Å². The Morgan fingerprint density at radius 3 is 2.56 bits per heavy atom. The molecule has 25 heavy (non-hydrogen) atoms. The number of amides is 1. The van der Waals surface area contributed by atoms with Crippen molar-refractivity contribution in [3.8, 4) is 5.95 Å². The van der Waals surface area contributed by atoms with Gasteiger partial charge in [-0.2, -0.15) is 13.2 Å². The molecule has 1 N–H and O–H groups in total. The molecule has 0 aliphatic rings. The number of carbonyl (C=O) groups excluding carboxylic acids is 1. The van der Waals surface area contributed by atoms with Crippen molar-refractivity contribution in [2.75, 3.05) is 14.1 Å². The third-order valence-corrected chi connectivity index (χ3v) is 3.45. The monoisotopic (exact) mass is 355 g/mol. The number of likely N-dealkylation sites (N-methyl/N-ethyl adjacent to an activating group) is 1. The van der Waals surface area contributed by atoms with E-state index in [0.29, 0.717) is 11.3 Å². The maximum Gasteiger partial charge on any atom is 0.433 e. The van der Waals surface area contributed by atoms with Crippen molar-refractivity contribution in [2.45, 2.75) is 20.0 Å². The summed E-state index contributed by atoms with van der Waals surface area (Å²) in [7, 11) is 3.12. The largest absolute Gasteiger partial charge is 0.433 e. The molecule has 0 bridgehead atoms.